The number of esters is 1. The summed E-state index contributed by atoms with van der Waals surface area (Å²) in [6.45, 7) is 0. The summed E-state index contributed by atoms with van der Waals surface area (Å²) in [5.74, 6) is -0.556. The molecule has 0 heterocycles. The maximum Gasteiger partial charge on any atom is 0.340 e. The molecule has 1 rings (SSSR count). The van der Waals surface area contributed by atoms with Crippen molar-refractivity contribution in [2.24, 2.45) is 0 Å². The molecule has 0 bridgehead atoms. The van der Waals surface area contributed by atoms with E-state index in [-0.39, 0.29) is 11.3 Å². The van der Waals surface area contributed by atoms with E-state index in [1.54, 1.807) is 0 Å². The third-order valence-electron chi connectivity index (χ3n) is 1.30. The average molecular weight is 221 g/mol. The van der Waals surface area contributed by atoms with Gasteiger partial charge in [0.25, 0.3) is 5.02 Å². The number of halogens is 2. The second kappa shape index (κ2) is 4.35. The second-order valence-electron chi connectivity index (χ2n) is 2.21. The molecule has 1 aromatic rings. The first-order valence-corrected chi connectivity index (χ1v) is 4.25. The summed E-state index contributed by atoms with van der Waals surface area (Å²) in [5, 5.41) is 7.74. The number of benzene rings is 1. The van der Waals surface area contributed by atoms with Gasteiger partial charge in [0, 0.05) is 0 Å². The minimum atomic E-state index is -1.18. The zero-order valence-electron chi connectivity index (χ0n) is 6.41. The topological polar surface area (TPSA) is 46.5 Å². The highest BCUT2D eigenvalue weighted by Crippen LogP contribution is 2.13. The highest BCUT2D eigenvalue weighted by atomic mass is 35.5. The van der Waals surface area contributed by atoms with Crippen LogP contribution in [0.15, 0.2) is 24.3 Å². The second-order valence-corrected chi connectivity index (χ2v) is 3.23. The smallest absolute Gasteiger partial charge is 0.340 e. The first-order chi connectivity index (χ1) is 6.09. The molecule has 0 atom stereocenters. The van der Waals surface area contributed by atoms with Crippen LogP contribution >= 0.6 is 23.2 Å². The van der Waals surface area contributed by atoms with Gasteiger partial charge in [0.2, 0.25) is 0 Å². The van der Waals surface area contributed by atoms with E-state index in [4.69, 9.17) is 28.3 Å². The van der Waals surface area contributed by atoms with E-state index in [2.05, 4.69) is 4.74 Å². The van der Waals surface area contributed by atoms with Gasteiger partial charge in [0.15, 0.2) is 0 Å². The summed E-state index contributed by atoms with van der Waals surface area (Å²) in [5.41, 5.74) is 0.282. The van der Waals surface area contributed by atoms with Crippen molar-refractivity contribution in [1.82, 2.24) is 0 Å². The molecule has 3 nitrogen and oxygen atoms in total. The van der Waals surface area contributed by atoms with Gasteiger partial charge in [-0.15, -0.1) is 0 Å². The molecule has 0 radical (unpaired) electrons. The fraction of sp³-hybridized carbons (Fsp3) is 0.125. The Bertz CT molecular complexity index is 295. The number of rotatable bonds is 2. The van der Waals surface area contributed by atoms with Gasteiger partial charge in [-0.2, -0.15) is 0 Å². The molecule has 0 amide bonds. The predicted molar refractivity (Wildman–Crippen MR) is 49.0 cm³/mol. The molecule has 0 spiro atoms. The largest absolute Gasteiger partial charge is 0.508 e. The third kappa shape index (κ3) is 3.13. The van der Waals surface area contributed by atoms with Gasteiger partial charge in [-0.3, -0.25) is 0 Å². The van der Waals surface area contributed by atoms with Crippen LogP contribution in [0.1, 0.15) is 10.4 Å². The predicted octanol–water partition coefficient (Wildman–Crippen LogP) is 2.31. The Balaban J connectivity index is 2.72. The lowest BCUT2D eigenvalue weighted by Crippen LogP contribution is -2.07. The quantitative estimate of drug-likeness (QED) is 0.615. The Kier molecular flexibility index (Phi) is 3.39. The van der Waals surface area contributed by atoms with Crippen molar-refractivity contribution in [3.63, 3.8) is 0 Å². The Morgan fingerprint density at radius 3 is 2.31 bits per heavy atom. The summed E-state index contributed by atoms with van der Waals surface area (Å²) in [4.78, 5) is 11.1. The van der Waals surface area contributed by atoms with Crippen LogP contribution in [0.5, 0.6) is 5.75 Å². The van der Waals surface area contributed by atoms with Crippen LogP contribution in [0.4, 0.5) is 0 Å². The fourth-order valence-electron chi connectivity index (χ4n) is 0.746. The molecule has 13 heavy (non-hydrogen) atoms. The van der Waals surface area contributed by atoms with Gasteiger partial charge in [0.1, 0.15) is 5.75 Å². The lowest BCUT2D eigenvalue weighted by molar-refractivity contribution is 0.0536. The molecular formula is C8H6Cl2O3. The molecule has 0 aromatic heterocycles. The number of carbonyl (C=O) groups excluding carboxylic acids is 1. The Morgan fingerprint density at radius 2 is 1.85 bits per heavy atom. The van der Waals surface area contributed by atoms with Crippen molar-refractivity contribution >= 4 is 29.2 Å². The van der Waals surface area contributed by atoms with Crippen LogP contribution in [0, 0.1) is 0 Å². The monoisotopic (exact) mass is 220 g/mol. The first-order valence-electron chi connectivity index (χ1n) is 3.38. The average Bonchev–Trinajstić information content (AvgIpc) is 2.04. The molecule has 70 valence electrons. The first kappa shape index (κ1) is 10.2. The molecule has 5 heteroatoms. The summed E-state index contributed by atoms with van der Waals surface area (Å²) >= 11 is 10.5. The van der Waals surface area contributed by atoms with E-state index >= 15 is 0 Å². The maximum absolute atomic E-state index is 11.1. The maximum atomic E-state index is 11.1. The van der Waals surface area contributed by atoms with E-state index in [0.717, 1.165) is 0 Å². The van der Waals surface area contributed by atoms with Crippen molar-refractivity contribution < 1.29 is 14.6 Å². The van der Waals surface area contributed by atoms with Gasteiger partial charge in [0.05, 0.1) is 5.56 Å². The molecule has 0 aliphatic heterocycles. The molecule has 1 aromatic carbocycles. The summed E-state index contributed by atoms with van der Waals surface area (Å²) in [7, 11) is 0. The molecule has 0 unspecified atom stereocenters. The number of hydrogen-bond donors (Lipinski definition) is 1. The molecule has 0 fully saturated rings. The zero-order valence-corrected chi connectivity index (χ0v) is 7.92. The van der Waals surface area contributed by atoms with Crippen LogP contribution in [-0.2, 0) is 4.74 Å². The summed E-state index contributed by atoms with van der Waals surface area (Å²) < 4.78 is 4.49. The third-order valence-corrected chi connectivity index (χ3v) is 1.48. The van der Waals surface area contributed by atoms with Gasteiger partial charge < -0.3 is 9.84 Å². The molecule has 0 saturated heterocycles. The lowest BCUT2D eigenvalue weighted by Gasteiger charge is -2.03. The Labute approximate surface area is 84.8 Å². The van der Waals surface area contributed by atoms with Crippen molar-refractivity contribution in [1.29, 1.82) is 0 Å². The van der Waals surface area contributed by atoms with Crippen molar-refractivity contribution in [3.8, 4) is 5.75 Å². The van der Waals surface area contributed by atoms with Crippen LogP contribution in [0.2, 0.25) is 0 Å². The normalized spacial score (nSPS) is 10.1. The van der Waals surface area contributed by atoms with Gasteiger partial charge in [-0.05, 0) is 24.3 Å². The zero-order chi connectivity index (χ0) is 9.84. The fourth-order valence-corrected chi connectivity index (χ4v) is 0.908. The molecular weight excluding hydrogens is 215 g/mol. The number of phenols is 1. The molecule has 0 aliphatic carbocycles. The number of alkyl halides is 2. The highest BCUT2D eigenvalue weighted by molar-refractivity contribution is 6.43. The van der Waals surface area contributed by atoms with Crippen molar-refractivity contribution in [3.05, 3.63) is 29.8 Å². The van der Waals surface area contributed by atoms with E-state index in [9.17, 15) is 4.79 Å². The lowest BCUT2D eigenvalue weighted by atomic mass is 10.2. The summed E-state index contributed by atoms with van der Waals surface area (Å²) in [6.07, 6.45) is 0. The number of ether oxygens (including phenoxy) is 1. The van der Waals surface area contributed by atoms with Crippen LogP contribution in [0.25, 0.3) is 0 Å². The van der Waals surface area contributed by atoms with Crippen LogP contribution in [-0.4, -0.2) is 16.1 Å². The Hall–Kier alpha value is -0.930. The molecule has 0 saturated carbocycles. The number of hydrogen-bond acceptors (Lipinski definition) is 3. The highest BCUT2D eigenvalue weighted by Gasteiger charge is 2.10. The van der Waals surface area contributed by atoms with E-state index in [1.165, 1.54) is 24.3 Å². The van der Waals surface area contributed by atoms with Crippen LogP contribution < -0.4 is 0 Å². The standard InChI is InChI=1S/C8H6Cl2O3/c9-8(10)13-7(12)5-1-3-6(11)4-2-5/h1-4,8,11H. The number of aromatic hydroxyl groups is 1. The van der Waals surface area contributed by atoms with E-state index in [1.807, 2.05) is 0 Å². The minimum absolute atomic E-state index is 0.0739. The van der Waals surface area contributed by atoms with Crippen LogP contribution in [0.3, 0.4) is 0 Å². The molecule has 1 N–H and O–H groups in total. The minimum Gasteiger partial charge on any atom is -0.508 e. The van der Waals surface area contributed by atoms with E-state index < -0.39 is 11.0 Å². The SMILES string of the molecule is O=C(OC(Cl)Cl)c1ccc(O)cc1. The van der Waals surface area contributed by atoms with Crippen molar-refractivity contribution in [2.75, 3.05) is 0 Å². The van der Waals surface area contributed by atoms with E-state index in [0.29, 0.717) is 0 Å². The van der Waals surface area contributed by atoms with Gasteiger partial charge in [-0.1, -0.05) is 23.2 Å². The Morgan fingerprint density at radius 1 is 1.31 bits per heavy atom. The summed E-state index contributed by atoms with van der Waals surface area (Å²) in [6, 6.07) is 5.56. The number of carbonyl (C=O) groups is 1. The van der Waals surface area contributed by atoms with Gasteiger partial charge in [-0.25, -0.2) is 4.79 Å². The molecule has 0 aliphatic rings. The van der Waals surface area contributed by atoms with Gasteiger partial charge >= 0.3 is 5.97 Å². The number of phenolic OH excluding ortho intramolecular Hbond substituents is 1. The van der Waals surface area contributed by atoms with Crippen molar-refractivity contribution in [2.45, 2.75) is 5.02 Å².